The number of aromatic nitrogens is 1. The molecule has 2 aromatic rings. The number of nitrogens with zero attached hydrogens (tertiary/aromatic N) is 2. The van der Waals surface area contributed by atoms with E-state index in [-0.39, 0.29) is 11.9 Å². The lowest BCUT2D eigenvalue weighted by molar-refractivity contribution is -0.124. The predicted octanol–water partition coefficient (Wildman–Crippen LogP) is 2.23. The van der Waals surface area contributed by atoms with Gasteiger partial charge in [0.25, 0.3) is 0 Å². The summed E-state index contributed by atoms with van der Waals surface area (Å²) in [4.78, 5) is 17.9. The molecule has 0 aliphatic carbocycles. The maximum absolute atomic E-state index is 12.0. The number of ether oxygens (including phenoxy) is 1. The highest BCUT2D eigenvalue weighted by molar-refractivity contribution is 5.92. The first-order chi connectivity index (χ1) is 11.7. The molecule has 1 aromatic heterocycles. The third-order valence-corrected chi connectivity index (χ3v) is 3.96. The monoisotopic (exact) mass is 323 g/mol. The zero-order valence-corrected chi connectivity index (χ0v) is 13.5. The normalized spacial score (nSPS) is 17.4. The van der Waals surface area contributed by atoms with Gasteiger partial charge in [-0.2, -0.15) is 0 Å². The van der Waals surface area contributed by atoms with Crippen molar-refractivity contribution in [1.29, 1.82) is 0 Å². The molecule has 1 amide bonds. The third-order valence-electron chi connectivity index (χ3n) is 3.96. The van der Waals surface area contributed by atoms with Crippen molar-refractivity contribution in [2.24, 2.45) is 5.73 Å². The van der Waals surface area contributed by atoms with Crippen molar-refractivity contribution in [2.75, 3.05) is 13.1 Å². The van der Waals surface area contributed by atoms with E-state index in [4.69, 9.17) is 10.5 Å². The second-order valence-corrected chi connectivity index (χ2v) is 5.89. The Kier molecular flexibility index (Phi) is 5.23. The molecule has 1 aliphatic heterocycles. The number of hydrogen-bond donors (Lipinski definition) is 1. The zero-order chi connectivity index (χ0) is 16.8. The summed E-state index contributed by atoms with van der Waals surface area (Å²) >= 11 is 0. The summed E-state index contributed by atoms with van der Waals surface area (Å²) in [5, 5.41) is 0. The molecule has 3 rings (SSSR count). The molecule has 0 saturated carbocycles. The Morgan fingerprint density at radius 3 is 2.83 bits per heavy atom. The van der Waals surface area contributed by atoms with E-state index in [1.165, 1.54) is 0 Å². The minimum atomic E-state index is 0.0138. The molecule has 0 radical (unpaired) electrons. The Bertz CT molecular complexity index is 698. The number of rotatable bonds is 5. The minimum Gasteiger partial charge on any atom is -0.489 e. The molecule has 24 heavy (non-hydrogen) atoms. The highest BCUT2D eigenvalue weighted by atomic mass is 16.5. The van der Waals surface area contributed by atoms with Gasteiger partial charge in [-0.15, -0.1) is 0 Å². The maximum atomic E-state index is 12.0. The number of carbonyl (C=O) groups excluding carboxylic acids is 1. The van der Waals surface area contributed by atoms with E-state index >= 15 is 0 Å². The molecule has 1 atom stereocenters. The Balaban J connectivity index is 1.52. The Hall–Kier alpha value is -2.66. The van der Waals surface area contributed by atoms with Gasteiger partial charge < -0.3 is 15.4 Å². The van der Waals surface area contributed by atoms with Crippen LogP contribution in [0.1, 0.15) is 17.5 Å². The van der Waals surface area contributed by atoms with Gasteiger partial charge in [-0.05, 0) is 36.3 Å². The first-order valence-corrected chi connectivity index (χ1v) is 8.05. The van der Waals surface area contributed by atoms with Crippen LogP contribution in [0.3, 0.4) is 0 Å². The average Bonchev–Trinajstić information content (AvgIpc) is 3.06. The van der Waals surface area contributed by atoms with E-state index in [0.717, 1.165) is 29.8 Å². The number of likely N-dealkylation sites (tertiary alicyclic amines) is 1. The second-order valence-electron chi connectivity index (χ2n) is 5.89. The van der Waals surface area contributed by atoms with Gasteiger partial charge in [0.2, 0.25) is 5.91 Å². The summed E-state index contributed by atoms with van der Waals surface area (Å²) in [6.45, 7) is 1.87. The molecule has 0 spiro atoms. The van der Waals surface area contributed by atoms with Gasteiger partial charge in [0.15, 0.2) is 0 Å². The summed E-state index contributed by atoms with van der Waals surface area (Å²) in [6.07, 6.45) is 7.82. The van der Waals surface area contributed by atoms with Crippen LogP contribution in [0.15, 0.2) is 54.9 Å². The molecule has 2 N–H and O–H groups in total. The van der Waals surface area contributed by atoms with Gasteiger partial charge in [-0.1, -0.05) is 18.2 Å². The number of hydrogen-bond acceptors (Lipinski definition) is 4. The van der Waals surface area contributed by atoms with E-state index in [0.29, 0.717) is 13.2 Å². The van der Waals surface area contributed by atoms with Crippen molar-refractivity contribution in [2.45, 2.75) is 19.1 Å². The number of pyridine rings is 1. The Labute approximate surface area is 141 Å². The molecule has 124 valence electrons. The largest absolute Gasteiger partial charge is 0.489 e. The maximum Gasteiger partial charge on any atom is 0.246 e. The fourth-order valence-corrected chi connectivity index (χ4v) is 2.59. The van der Waals surface area contributed by atoms with Crippen molar-refractivity contribution >= 4 is 12.0 Å². The smallest absolute Gasteiger partial charge is 0.246 e. The second kappa shape index (κ2) is 7.75. The number of benzene rings is 1. The lowest BCUT2D eigenvalue weighted by Gasteiger charge is -2.12. The van der Waals surface area contributed by atoms with Crippen LogP contribution in [-0.2, 0) is 11.4 Å². The number of carbonyl (C=O) groups is 1. The van der Waals surface area contributed by atoms with Crippen molar-refractivity contribution in [1.82, 2.24) is 9.88 Å². The van der Waals surface area contributed by atoms with Gasteiger partial charge >= 0.3 is 0 Å². The lowest BCUT2D eigenvalue weighted by Crippen LogP contribution is -2.30. The number of nitrogens with two attached hydrogens (primary N) is 1. The molecule has 0 bridgehead atoms. The van der Waals surface area contributed by atoms with Gasteiger partial charge in [0.05, 0.1) is 0 Å². The summed E-state index contributed by atoms with van der Waals surface area (Å²) in [5.41, 5.74) is 7.80. The highest BCUT2D eigenvalue weighted by Crippen LogP contribution is 2.15. The molecule has 5 heteroatoms. The first kappa shape index (κ1) is 16.2. The zero-order valence-electron chi connectivity index (χ0n) is 13.5. The van der Waals surface area contributed by atoms with Gasteiger partial charge in [0, 0.05) is 43.2 Å². The number of amides is 1. The standard InChI is InChI=1S/C19H21N3O2/c20-17-9-11-22(13-17)19(23)8-5-15-3-6-18(7-4-15)24-14-16-2-1-10-21-12-16/h1-8,10,12,17H,9,11,13-14,20H2/b8-5+/t17-/m1/s1. The molecule has 5 nitrogen and oxygen atoms in total. The van der Waals surface area contributed by atoms with Crippen LogP contribution in [0, 0.1) is 0 Å². The molecule has 1 aromatic carbocycles. The van der Waals surface area contributed by atoms with Crippen LogP contribution in [0.2, 0.25) is 0 Å². The third kappa shape index (κ3) is 4.43. The van der Waals surface area contributed by atoms with Gasteiger partial charge in [-0.3, -0.25) is 9.78 Å². The predicted molar refractivity (Wildman–Crippen MR) is 93.2 cm³/mol. The van der Waals surface area contributed by atoms with Crippen molar-refractivity contribution in [3.63, 3.8) is 0 Å². The highest BCUT2D eigenvalue weighted by Gasteiger charge is 2.21. The molecule has 0 unspecified atom stereocenters. The van der Waals surface area contributed by atoms with E-state index in [1.807, 2.05) is 42.5 Å². The Morgan fingerprint density at radius 2 is 2.17 bits per heavy atom. The summed E-state index contributed by atoms with van der Waals surface area (Å²) < 4.78 is 5.71. The van der Waals surface area contributed by atoms with E-state index in [2.05, 4.69) is 4.98 Å². The topological polar surface area (TPSA) is 68.5 Å². The Morgan fingerprint density at radius 1 is 1.33 bits per heavy atom. The SMILES string of the molecule is N[C@@H]1CCN(C(=O)/C=C/c2ccc(OCc3cccnc3)cc2)C1. The van der Waals surface area contributed by atoms with Crippen molar-refractivity contribution in [3.8, 4) is 5.75 Å². The van der Waals surface area contributed by atoms with Crippen molar-refractivity contribution < 1.29 is 9.53 Å². The van der Waals surface area contributed by atoms with E-state index in [9.17, 15) is 4.79 Å². The first-order valence-electron chi connectivity index (χ1n) is 8.05. The molecule has 1 aliphatic rings. The van der Waals surface area contributed by atoms with Crippen LogP contribution >= 0.6 is 0 Å². The summed E-state index contributed by atoms with van der Waals surface area (Å²) in [7, 11) is 0. The van der Waals surface area contributed by atoms with Crippen molar-refractivity contribution in [3.05, 3.63) is 66.0 Å². The molecular formula is C19H21N3O2. The quantitative estimate of drug-likeness (QED) is 0.857. The summed E-state index contributed by atoms with van der Waals surface area (Å²) in [6, 6.07) is 11.6. The molecule has 1 fully saturated rings. The van der Waals surface area contributed by atoms with Crippen LogP contribution < -0.4 is 10.5 Å². The van der Waals surface area contributed by atoms with E-state index in [1.54, 1.807) is 23.4 Å². The lowest BCUT2D eigenvalue weighted by atomic mass is 10.2. The fourth-order valence-electron chi connectivity index (χ4n) is 2.59. The summed E-state index contributed by atoms with van der Waals surface area (Å²) in [5.74, 6) is 0.799. The minimum absolute atomic E-state index is 0.0138. The van der Waals surface area contributed by atoms with Crippen LogP contribution in [0.5, 0.6) is 5.75 Å². The van der Waals surface area contributed by atoms with Crippen LogP contribution in [0.25, 0.3) is 6.08 Å². The molecule has 1 saturated heterocycles. The fraction of sp³-hybridized carbons (Fsp3) is 0.263. The van der Waals surface area contributed by atoms with Crippen LogP contribution in [-0.4, -0.2) is 34.9 Å². The van der Waals surface area contributed by atoms with Crippen LogP contribution in [0.4, 0.5) is 0 Å². The van der Waals surface area contributed by atoms with E-state index < -0.39 is 0 Å². The average molecular weight is 323 g/mol. The molecule has 2 heterocycles. The van der Waals surface area contributed by atoms with Gasteiger partial charge in [0.1, 0.15) is 12.4 Å². The molecular weight excluding hydrogens is 302 g/mol. The van der Waals surface area contributed by atoms with Gasteiger partial charge in [-0.25, -0.2) is 0 Å².